The van der Waals surface area contributed by atoms with Crippen molar-refractivity contribution in [3.05, 3.63) is 119 Å². The van der Waals surface area contributed by atoms with Crippen LogP contribution in [0.5, 0.6) is 0 Å². The van der Waals surface area contributed by atoms with E-state index in [1.54, 1.807) is 18.5 Å². The number of hydrogen-bond acceptors (Lipinski definition) is 8. The van der Waals surface area contributed by atoms with Gasteiger partial charge in [0.1, 0.15) is 5.69 Å². The highest BCUT2D eigenvalue weighted by molar-refractivity contribution is 5.91. The summed E-state index contributed by atoms with van der Waals surface area (Å²) >= 11 is 0. The Morgan fingerprint density at radius 3 is 2.47 bits per heavy atom. The summed E-state index contributed by atoms with van der Waals surface area (Å²) in [6, 6.07) is 27.9. The van der Waals surface area contributed by atoms with E-state index in [4.69, 9.17) is 14.7 Å². The third-order valence-electron chi connectivity index (χ3n) is 8.32. The second kappa shape index (κ2) is 12.6. The van der Waals surface area contributed by atoms with Crippen LogP contribution in [0.15, 0.2) is 102 Å². The van der Waals surface area contributed by atoms with Crippen LogP contribution in [0.4, 0.5) is 0 Å². The van der Waals surface area contributed by atoms with Gasteiger partial charge < -0.3 is 4.74 Å². The number of aromatic nitrogens is 6. The Hall–Kier alpha value is -5.48. The smallest absolute Gasteiger partial charge is 0.294 e. The van der Waals surface area contributed by atoms with E-state index in [9.17, 15) is 9.59 Å². The molecule has 0 atom stereocenters. The lowest BCUT2D eigenvalue weighted by atomic mass is 9.95. The van der Waals surface area contributed by atoms with Gasteiger partial charge in [-0.1, -0.05) is 60.7 Å². The fraction of sp³-hybridized carbons (Fsp3) is 0.200. The highest BCUT2D eigenvalue weighted by Crippen LogP contribution is 2.33. The Bertz CT molecular complexity index is 1980. The molecule has 0 radical (unpaired) electrons. The van der Waals surface area contributed by atoms with Crippen LogP contribution in [0.2, 0.25) is 0 Å². The predicted molar refractivity (Wildman–Crippen MR) is 171 cm³/mol. The minimum Gasteiger partial charge on any atom is -0.446 e. The Morgan fingerprint density at radius 1 is 0.911 bits per heavy atom. The van der Waals surface area contributed by atoms with Crippen LogP contribution in [-0.2, 0) is 22.8 Å². The minimum absolute atomic E-state index is 0.146. The molecular weight excluding hydrogens is 566 g/mol. The van der Waals surface area contributed by atoms with E-state index in [0.29, 0.717) is 29.1 Å². The van der Waals surface area contributed by atoms with Crippen molar-refractivity contribution in [3.8, 4) is 33.9 Å². The number of H-pyrrole nitrogens is 1. The molecule has 6 aromatic rings. The quantitative estimate of drug-likeness (QED) is 0.220. The topological polar surface area (TPSA) is 119 Å². The van der Waals surface area contributed by atoms with Crippen molar-refractivity contribution in [2.45, 2.75) is 32.0 Å². The van der Waals surface area contributed by atoms with E-state index < -0.39 is 0 Å². The number of carbonyl (C=O) groups excluding carboxylic acids is 1. The average molecular weight is 598 g/mol. The minimum atomic E-state index is -0.263. The molecule has 45 heavy (non-hydrogen) atoms. The van der Waals surface area contributed by atoms with Crippen LogP contribution in [0, 0.1) is 0 Å². The third kappa shape index (κ3) is 6.00. The molecule has 0 saturated carbocycles. The Kier molecular flexibility index (Phi) is 7.94. The van der Waals surface area contributed by atoms with Crippen LogP contribution < -0.4 is 5.56 Å². The zero-order chi connectivity index (χ0) is 30.6. The zero-order valence-corrected chi connectivity index (χ0v) is 24.5. The summed E-state index contributed by atoms with van der Waals surface area (Å²) in [5.41, 5.74) is 5.96. The van der Waals surface area contributed by atoms with E-state index in [1.165, 1.54) is 10.1 Å². The van der Waals surface area contributed by atoms with E-state index in [-0.39, 0.29) is 12.3 Å². The second-order valence-corrected chi connectivity index (χ2v) is 11.2. The normalized spacial score (nSPS) is 14.0. The molecule has 0 aliphatic carbocycles. The fourth-order valence-electron chi connectivity index (χ4n) is 5.93. The zero-order valence-electron chi connectivity index (χ0n) is 24.5. The molecule has 0 amide bonds. The second-order valence-electron chi connectivity index (χ2n) is 11.2. The lowest BCUT2D eigenvalue weighted by Crippen LogP contribution is -2.32. The van der Waals surface area contributed by atoms with Gasteiger partial charge in [-0.15, -0.1) is 0 Å². The van der Waals surface area contributed by atoms with Crippen molar-refractivity contribution in [1.82, 2.24) is 34.6 Å². The number of rotatable bonds is 9. The van der Waals surface area contributed by atoms with Crippen molar-refractivity contribution in [1.29, 1.82) is 0 Å². The van der Waals surface area contributed by atoms with Gasteiger partial charge in [-0.25, -0.2) is 9.97 Å². The standard InChI is InChI=1S/C35H31N7O3/c43-23-45-22-42-19-15-30-29(35(42)44)20-28(25-6-2-1-3-7-25)32(37-30)26-11-9-24(10-12-26)21-41-17-13-27(14-18-41)33-38-34(40-39-33)31-8-4-5-16-36-31/h1-12,15-16,19-20,23,27H,13-14,17-18,21-22H2,(H,38,39,40). The Labute approximate surface area is 259 Å². The molecule has 1 fully saturated rings. The van der Waals surface area contributed by atoms with Crippen LogP contribution in [0.3, 0.4) is 0 Å². The van der Waals surface area contributed by atoms with Gasteiger partial charge in [-0.2, -0.15) is 5.10 Å². The molecule has 1 aliphatic rings. The number of likely N-dealkylation sites (tertiary alicyclic amines) is 1. The van der Waals surface area contributed by atoms with Gasteiger partial charge in [0.2, 0.25) is 0 Å². The average Bonchev–Trinajstić information content (AvgIpc) is 3.60. The lowest BCUT2D eigenvalue weighted by molar-refractivity contribution is -0.132. The molecule has 2 aromatic carbocycles. The number of piperidine rings is 1. The molecule has 4 aromatic heterocycles. The molecule has 10 heteroatoms. The number of pyridine rings is 3. The highest BCUT2D eigenvalue weighted by Gasteiger charge is 2.24. The maximum absolute atomic E-state index is 13.2. The maximum atomic E-state index is 13.2. The molecule has 0 bridgehead atoms. The fourth-order valence-corrected chi connectivity index (χ4v) is 5.93. The number of hydrogen-bond donors (Lipinski definition) is 1. The Morgan fingerprint density at radius 2 is 1.71 bits per heavy atom. The highest BCUT2D eigenvalue weighted by atomic mass is 16.5. The van der Waals surface area contributed by atoms with Crippen LogP contribution >= 0.6 is 0 Å². The molecule has 0 spiro atoms. The number of carbonyl (C=O) groups is 1. The van der Waals surface area contributed by atoms with Crippen molar-refractivity contribution in [2.24, 2.45) is 0 Å². The summed E-state index contributed by atoms with van der Waals surface area (Å²) in [6.07, 6.45) is 5.36. The molecule has 1 N–H and O–H groups in total. The summed E-state index contributed by atoms with van der Waals surface area (Å²) in [5.74, 6) is 1.91. The van der Waals surface area contributed by atoms with Gasteiger partial charge in [0, 0.05) is 36.0 Å². The van der Waals surface area contributed by atoms with E-state index in [2.05, 4.69) is 44.3 Å². The molecule has 0 unspecified atom stereocenters. The molecule has 1 aliphatic heterocycles. The van der Waals surface area contributed by atoms with Crippen molar-refractivity contribution < 1.29 is 9.53 Å². The number of aromatic amines is 1. The lowest BCUT2D eigenvalue weighted by Gasteiger charge is -2.30. The number of nitrogens with one attached hydrogen (secondary N) is 1. The van der Waals surface area contributed by atoms with Gasteiger partial charge in [-0.3, -0.25) is 29.1 Å². The van der Waals surface area contributed by atoms with Gasteiger partial charge in [0.25, 0.3) is 12.0 Å². The van der Waals surface area contributed by atoms with Crippen molar-refractivity contribution in [2.75, 3.05) is 13.1 Å². The van der Waals surface area contributed by atoms with Gasteiger partial charge in [0.05, 0.1) is 16.6 Å². The summed E-state index contributed by atoms with van der Waals surface area (Å²) in [5, 5.41) is 8.01. The maximum Gasteiger partial charge on any atom is 0.294 e. The van der Waals surface area contributed by atoms with Crippen LogP contribution in [0.1, 0.15) is 30.1 Å². The summed E-state index contributed by atoms with van der Waals surface area (Å²) < 4.78 is 6.17. The van der Waals surface area contributed by atoms with Crippen molar-refractivity contribution >= 4 is 17.4 Å². The summed E-state index contributed by atoms with van der Waals surface area (Å²) in [7, 11) is 0. The number of fused-ring (bicyclic) bond motifs is 1. The Balaban J connectivity index is 1.08. The van der Waals surface area contributed by atoms with E-state index in [0.717, 1.165) is 66.4 Å². The van der Waals surface area contributed by atoms with E-state index in [1.807, 2.05) is 54.6 Å². The summed E-state index contributed by atoms with van der Waals surface area (Å²) in [6.45, 7) is 2.99. The third-order valence-corrected chi connectivity index (χ3v) is 8.32. The molecular formula is C35H31N7O3. The first kappa shape index (κ1) is 28.3. The summed E-state index contributed by atoms with van der Waals surface area (Å²) in [4.78, 5) is 40.4. The molecule has 5 heterocycles. The molecule has 1 saturated heterocycles. The predicted octanol–water partition coefficient (Wildman–Crippen LogP) is 5.42. The molecule has 224 valence electrons. The molecule has 7 rings (SSSR count). The monoisotopic (exact) mass is 597 g/mol. The first-order valence-electron chi connectivity index (χ1n) is 15.0. The van der Waals surface area contributed by atoms with E-state index >= 15 is 0 Å². The number of benzene rings is 2. The van der Waals surface area contributed by atoms with Gasteiger partial charge >= 0.3 is 0 Å². The molecule has 10 nitrogen and oxygen atoms in total. The SMILES string of the molecule is O=COCn1ccc2nc(-c3ccc(CN4CCC(c5n[nH]c(-c6ccccn6)n5)CC4)cc3)c(-c3ccccc3)cc2c1=O. The van der Waals surface area contributed by atoms with Crippen LogP contribution in [0.25, 0.3) is 44.8 Å². The van der Waals surface area contributed by atoms with Gasteiger partial charge in [0.15, 0.2) is 18.4 Å². The largest absolute Gasteiger partial charge is 0.446 e. The first-order chi connectivity index (χ1) is 22.2. The van der Waals surface area contributed by atoms with Crippen molar-refractivity contribution in [3.63, 3.8) is 0 Å². The number of ether oxygens (including phenoxy) is 1. The number of nitrogens with zero attached hydrogens (tertiary/aromatic N) is 6. The first-order valence-corrected chi connectivity index (χ1v) is 15.0. The van der Waals surface area contributed by atoms with Gasteiger partial charge in [-0.05, 0) is 61.3 Å². The van der Waals surface area contributed by atoms with Crippen LogP contribution in [-0.4, -0.2) is 54.2 Å².